The van der Waals surface area contributed by atoms with Gasteiger partial charge in [0.2, 0.25) is 15.6 Å². The van der Waals surface area contributed by atoms with Crippen molar-refractivity contribution in [1.29, 1.82) is 0 Å². The van der Waals surface area contributed by atoms with E-state index in [0.29, 0.717) is 0 Å². The van der Waals surface area contributed by atoms with Gasteiger partial charge in [-0.05, 0) is 30.3 Å². The average molecular weight is 386 g/mol. The van der Waals surface area contributed by atoms with Crippen LogP contribution in [0.15, 0.2) is 57.0 Å². The minimum absolute atomic E-state index is 0.00153. The Labute approximate surface area is 144 Å². The number of nitrogen functional groups attached to an aromatic ring is 1. The lowest BCUT2D eigenvalue weighted by Crippen LogP contribution is -2.17. The molecule has 2 heterocycles. The van der Waals surface area contributed by atoms with Gasteiger partial charge in [-0.1, -0.05) is 0 Å². The highest BCUT2D eigenvalue weighted by molar-refractivity contribution is 7.91. The van der Waals surface area contributed by atoms with E-state index in [4.69, 9.17) is 10.3 Å². The zero-order valence-electron chi connectivity index (χ0n) is 12.6. The summed E-state index contributed by atoms with van der Waals surface area (Å²) in [5.41, 5.74) is 5.95. The number of alkyl halides is 3. The second-order valence-corrected chi connectivity index (χ2v) is 6.86. The van der Waals surface area contributed by atoms with E-state index in [-0.39, 0.29) is 26.9 Å². The third kappa shape index (κ3) is 3.59. The Hall–Kier alpha value is -3.15. The molecule has 0 saturated carbocycles. The maximum Gasteiger partial charge on any atom is 0.573 e. The second kappa shape index (κ2) is 6.29. The molecule has 2 aromatic heterocycles. The molecular weight excluding hydrogens is 377 g/mol. The normalized spacial score (nSPS) is 12.1. The Morgan fingerprint density at radius 1 is 1.08 bits per heavy atom. The first kappa shape index (κ1) is 17.7. The molecule has 3 aromatic rings. The number of hydrogen-bond donors (Lipinski definition) is 1. The largest absolute Gasteiger partial charge is 0.573 e. The molecule has 0 aliphatic carbocycles. The molecule has 0 spiro atoms. The van der Waals surface area contributed by atoms with Crippen LogP contribution in [0.25, 0.3) is 11.5 Å². The highest BCUT2D eigenvalue weighted by Crippen LogP contribution is 2.29. The Morgan fingerprint density at radius 2 is 1.77 bits per heavy atom. The fraction of sp³-hybridized carbons (Fsp3) is 0.0714. The van der Waals surface area contributed by atoms with E-state index in [1.54, 1.807) is 0 Å². The number of aromatic nitrogens is 3. The first-order chi connectivity index (χ1) is 12.2. The number of ether oxygens (including phenoxy) is 1. The van der Waals surface area contributed by atoms with Crippen molar-refractivity contribution < 1.29 is 30.8 Å². The summed E-state index contributed by atoms with van der Waals surface area (Å²) in [6, 6.07) is 4.92. The number of pyridine rings is 1. The zero-order valence-corrected chi connectivity index (χ0v) is 13.5. The van der Waals surface area contributed by atoms with Crippen LogP contribution < -0.4 is 10.5 Å². The lowest BCUT2D eigenvalue weighted by atomic mass is 10.2. The van der Waals surface area contributed by atoms with Gasteiger partial charge >= 0.3 is 6.36 Å². The molecule has 136 valence electrons. The number of rotatable bonds is 4. The molecule has 0 bridgehead atoms. The minimum Gasteiger partial charge on any atom is -0.406 e. The third-order valence-corrected chi connectivity index (χ3v) is 4.90. The molecule has 1 aromatic carbocycles. The van der Waals surface area contributed by atoms with Crippen LogP contribution in [0, 0.1) is 0 Å². The van der Waals surface area contributed by atoms with Gasteiger partial charge in [-0.2, -0.15) is 0 Å². The summed E-state index contributed by atoms with van der Waals surface area (Å²) in [5, 5.41) is 6.73. The Balaban J connectivity index is 1.92. The van der Waals surface area contributed by atoms with Gasteiger partial charge in [-0.25, -0.2) is 13.4 Å². The molecule has 0 aliphatic heterocycles. The van der Waals surface area contributed by atoms with Crippen LogP contribution in [0.1, 0.15) is 0 Å². The lowest BCUT2D eigenvalue weighted by molar-refractivity contribution is -0.274. The average Bonchev–Trinajstić information content (AvgIpc) is 3.08. The van der Waals surface area contributed by atoms with Crippen molar-refractivity contribution in [2.75, 3.05) is 5.73 Å². The van der Waals surface area contributed by atoms with Gasteiger partial charge in [0.05, 0.1) is 15.5 Å². The number of nitrogens with two attached hydrogens (primary N) is 1. The fourth-order valence-corrected chi connectivity index (χ4v) is 3.28. The van der Waals surface area contributed by atoms with E-state index in [1.165, 1.54) is 6.20 Å². The van der Waals surface area contributed by atoms with Crippen LogP contribution in [0.4, 0.5) is 18.9 Å². The minimum atomic E-state index is -4.87. The summed E-state index contributed by atoms with van der Waals surface area (Å²) in [4.78, 5) is 3.44. The molecule has 0 fully saturated rings. The molecule has 26 heavy (non-hydrogen) atoms. The van der Waals surface area contributed by atoms with E-state index >= 15 is 0 Å². The molecule has 0 amide bonds. The first-order valence-corrected chi connectivity index (χ1v) is 8.29. The first-order valence-electron chi connectivity index (χ1n) is 6.81. The number of hydrogen-bond acceptors (Lipinski definition) is 8. The van der Waals surface area contributed by atoms with Crippen molar-refractivity contribution in [2.45, 2.75) is 16.2 Å². The van der Waals surface area contributed by atoms with Crippen LogP contribution in [-0.4, -0.2) is 30.1 Å². The number of nitrogens with zero attached hydrogens (tertiary/aromatic N) is 3. The number of anilines is 1. The molecular formula is C14H9F3N4O4S. The molecule has 0 radical (unpaired) electrons. The maximum atomic E-state index is 12.6. The van der Waals surface area contributed by atoms with Gasteiger partial charge < -0.3 is 15.0 Å². The highest BCUT2D eigenvalue weighted by atomic mass is 32.2. The Morgan fingerprint density at radius 3 is 2.31 bits per heavy atom. The fourth-order valence-electron chi connectivity index (χ4n) is 2.04. The molecule has 0 atom stereocenters. The van der Waals surface area contributed by atoms with Crippen LogP contribution in [-0.2, 0) is 9.84 Å². The summed E-state index contributed by atoms with van der Waals surface area (Å²) in [6.45, 7) is 0. The van der Waals surface area contributed by atoms with Gasteiger partial charge in [-0.3, -0.25) is 0 Å². The van der Waals surface area contributed by atoms with Gasteiger partial charge in [0.15, 0.2) is 0 Å². The standard InChI is InChI=1S/C14H9F3N4O4S/c15-14(16,17)24-8-1-3-9(4-2-8)26(22,23)10-5-11(18)13(19-6-10)12-7-20-21-25-12/h1-7H,18H2. The topological polar surface area (TPSA) is 121 Å². The summed E-state index contributed by atoms with van der Waals surface area (Å²) in [6.07, 6.45) is -2.57. The van der Waals surface area contributed by atoms with E-state index in [2.05, 4.69) is 20.1 Å². The van der Waals surface area contributed by atoms with Gasteiger partial charge in [0, 0.05) is 11.5 Å². The number of benzene rings is 1. The predicted molar refractivity (Wildman–Crippen MR) is 80.5 cm³/mol. The summed E-state index contributed by atoms with van der Waals surface area (Å²) in [5.74, 6) is -0.387. The summed E-state index contributed by atoms with van der Waals surface area (Å²) in [7, 11) is -4.05. The van der Waals surface area contributed by atoms with Crippen molar-refractivity contribution in [2.24, 2.45) is 0 Å². The molecule has 0 saturated heterocycles. The van der Waals surface area contributed by atoms with Crippen LogP contribution in [0.2, 0.25) is 0 Å². The van der Waals surface area contributed by atoms with Gasteiger partial charge in [0.1, 0.15) is 17.6 Å². The van der Waals surface area contributed by atoms with Crippen molar-refractivity contribution in [3.8, 4) is 17.2 Å². The number of halogens is 3. The van der Waals surface area contributed by atoms with Crippen molar-refractivity contribution in [3.05, 3.63) is 42.7 Å². The molecule has 12 heteroatoms. The SMILES string of the molecule is Nc1cc(S(=O)(=O)c2ccc(OC(F)(F)F)cc2)cnc1-c1cnno1. The van der Waals surface area contributed by atoms with Crippen molar-refractivity contribution in [1.82, 2.24) is 15.4 Å². The van der Waals surface area contributed by atoms with E-state index in [1.807, 2.05) is 0 Å². The Kier molecular flexibility index (Phi) is 4.28. The van der Waals surface area contributed by atoms with E-state index < -0.39 is 21.9 Å². The van der Waals surface area contributed by atoms with Crippen molar-refractivity contribution >= 4 is 15.5 Å². The monoisotopic (exact) mass is 386 g/mol. The van der Waals surface area contributed by atoms with Crippen LogP contribution in [0.5, 0.6) is 5.75 Å². The van der Waals surface area contributed by atoms with Gasteiger partial charge in [0.25, 0.3) is 0 Å². The quantitative estimate of drug-likeness (QED) is 0.726. The molecule has 3 rings (SSSR count). The predicted octanol–water partition coefficient (Wildman–Crippen LogP) is 2.45. The van der Waals surface area contributed by atoms with Crippen LogP contribution >= 0.6 is 0 Å². The summed E-state index contributed by atoms with van der Waals surface area (Å²) >= 11 is 0. The number of sulfone groups is 1. The van der Waals surface area contributed by atoms with E-state index in [9.17, 15) is 21.6 Å². The molecule has 0 unspecified atom stereocenters. The van der Waals surface area contributed by atoms with Crippen molar-refractivity contribution in [3.63, 3.8) is 0 Å². The molecule has 0 aliphatic rings. The van der Waals surface area contributed by atoms with Crippen LogP contribution in [0.3, 0.4) is 0 Å². The Bertz CT molecular complexity index is 1020. The second-order valence-electron chi connectivity index (χ2n) is 4.91. The maximum absolute atomic E-state index is 12.6. The highest BCUT2D eigenvalue weighted by Gasteiger charge is 2.31. The lowest BCUT2D eigenvalue weighted by Gasteiger charge is -2.10. The molecule has 8 nitrogen and oxygen atoms in total. The summed E-state index contributed by atoms with van der Waals surface area (Å²) < 4.78 is 70.1. The molecule has 2 N–H and O–H groups in total. The van der Waals surface area contributed by atoms with Gasteiger partial charge in [-0.15, -0.1) is 18.3 Å². The van der Waals surface area contributed by atoms with E-state index in [0.717, 1.165) is 36.5 Å². The third-order valence-electron chi connectivity index (χ3n) is 3.16. The smallest absolute Gasteiger partial charge is 0.406 e. The zero-order chi connectivity index (χ0) is 18.9.